The quantitative estimate of drug-likeness (QED) is 0.480. The maximum absolute atomic E-state index is 6.23. The third kappa shape index (κ3) is 3.21. The number of rotatable bonds is 5. The predicted octanol–water partition coefficient (Wildman–Crippen LogP) is 4.89. The Morgan fingerprint density at radius 3 is 2.32 bits per heavy atom. The van der Waals surface area contributed by atoms with Crippen molar-refractivity contribution in [2.24, 2.45) is 0 Å². The van der Waals surface area contributed by atoms with Crippen LogP contribution in [-0.4, -0.2) is 23.2 Å². The van der Waals surface area contributed by atoms with Gasteiger partial charge in [0, 0.05) is 15.8 Å². The van der Waals surface area contributed by atoms with Gasteiger partial charge in [-0.1, -0.05) is 48.0 Å². The van der Waals surface area contributed by atoms with Crippen LogP contribution in [0.25, 0.3) is 21.7 Å². The van der Waals surface area contributed by atoms with E-state index in [4.69, 9.17) is 21.1 Å². The zero-order chi connectivity index (χ0) is 17.1. The number of nitrogens with zero attached hydrogens (tertiary/aromatic N) is 2. The summed E-state index contributed by atoms with van der Waals surface area (Å²) in [6.45, 7) is 0.794. The molecule has 0 unspecified atom stereocenters. The maximum atomic E-state index is 6.23. The van der Waals surface area contributed by atoms with Crippen LogP contribution in [-0.2, 0) is 0 Å². The highest BCUT2D eigenvalue weighted by molar-refractivity contribution is 6.35. The fourth-order valence-corrected chi connectivity index (χ4v) is 2.97. The second kappa shape index (κ2) is 6.95. The molecule has 0 aliphatic heterocycles. The molecule has 0 aliphatic rings. The van der Waals surface area contributed by atoms with Crippen LogP contribution in [0, 0.1) is 0 Å². The molecule has 5 heteroatoms. The van der Waals surface area contributed by atoms with Gasteiger partial charge >= 0.3 is 0 Å². The zero-order valence-corrected chi connectivity index (χ0v) is 14.1. The van der Waals surface area contributed by atoms with E-state index in [1.54, 1.807) is 0 Å². The van der Waals surface area contributed by atoms with Crippen LogP contribution in [0.15, 0.2) is 67.0 Å². The first-order valence-corrected chi connectivity index (χ1v) is 8.33. The lowest BCUT2D eigenvalue weighted by atomic mass is 10.1. The molecule has 25 heavy (non-hydrogen) atoms. The lowest BCUT2D eigenvalue weighted by Gasteiger charge is -2.11. The van der Waals surface area contributed by atoms with Crippen molar-refractivity contribution in [2.45, 2.75) is 0 Å². The van der Waals surface area contributed by atoms with Gasteiger partial charge in [-0.05, 0) is 24.3 Å². The monoisotopic (exact) mass is 350 g/mol. The Balaban J connectivity index is 1.46. The molecule has 0 N–H and O–H groups in total. The summed E-state index contributed by atoms with van der Waals surface area (Å²) in [6, 6.07) is 19.4. The summed E-state index contributed by atoms with van der Waals surface area (Å²) in [5.74, 6) is 1.35. The highest BCUT2D eigenvalue weighted by Crippen LogP contribution is 2.31. The fourth-order valence-electron chi connectivity index (χ4n) is 2.75. The largest absolute Gasteiger partial charge is 0.489 e. The number of hydrogen-bond acceptors (Lipinski definition) is 4. The third-order valence-electron chi connectivity index (χ3n) is 3.92. The van der Waals surface area contributed by atoms with Crippen molar-refractivity contribution >= 4 is 33.3 Å². The van der Waals surface area contributed by atoms with Crippen molar-refractivity contribution in [3.05, 3.63) is 72.0 Å². The van der Waals surface area contributed by atoms with Gasteiger partial charge in [-0.2, -0.15) is 0 Å². The second-order valence-electron chi connectivity index (χ2n) is 5.48. The van der Waals surface area contributed by atoms with Gasteiger partial charge in [-0.25, -0.2) is 9.97 Å². The lowest BCUT2D eigenvalue weighted by Crippen LogP contribution is -2.10. The summed E-state index contributed by atoms with van der Waals surface area (Å²) < 4.78 is 11.7. The first-order valence-electron chi connectivity index (χ1n) is 7.95. The van der Waals surface area contributed by atoms with Crippen LogP contribution in [0.5, 0.6) is 11.6 Å². The molecule has 0 aliphatic carbocycles. The molecule has 0 saturated carbocycles. The smallest absolute Gasteiger partial charge is 0.224 e. The Hall–Kier alpha value is -2.85. The van der Waals surface area contributed by atoms with Crippen LogP contribution in [0.1, 0.15) is 0 Å². The SMILES string of the molecule is Clc1ccc(OCCOc2ncnc3ccccc23)c2ccccc12. The second-order valence-corrected chi connectivity index (χ2v) is 5.89. The summed E-state index contributed by atoms with van der Waals surface area (Å²) in [7, 11) is 0. The summed E-state index contributed by atoms with van der Waals surface area (Å²) in [5.41, 5.74) is 0.858. The topological polar surface area (TPSA) is 44.2 Å². The van der Waals surface area contributed by atoms with Crippen LogP contribution in [0.2, 0.25) is 5.02 Å². The number of para-hydroxylation sites is 1. The lowest BCUT2D eigenvalue weighted by molar-refractivity contribution is 0.215. The molecule has 0 radical (unpaired) electrons. The third-order valence-corrected chi connectivity index (χ3v) is 4.25. The fraction of sp³-hybridized carbons (Fsp3) is 0.100. The summed E-state index contributed by atoms with van der Waals surface area (Å²) >= 11 is 6.23. The van der Waals surface area contributed by atoms with E-state index in [0.717, 1.165) is 27.4 Å². The van der Waals surface area contributed by atoms with E-state index in [2.05, 4.69) is 9.97 Å². The van der Waals surface area contributed by atoms with E-state index < -0.39 is 0 Å². The number of ether oxygens (including phenoxy) is 2. The normalized spacial score (nSPS) is 10.9. The minimum absolute atomic E-state index is 0.387. The number of aromatic nitrogens is 2. The van der Waals surface area contributed by atoms with Gasteiger partial charge in [0.25, 0.3) is 0 Å². The highest BCUT2D eigenvalue weighted by atomic mass is 35.5. The van der Waals surface area contributed by atoms with Gasteiger partial charge < -0.3 is 9.47 Å². The van der Waals surface area contributed by atoms with Crippen LogP contribution in [0.3, 0.4) is 0 Å². The Morgan fingerprint density at radius 2 is 1.44 bits per heavy atom. The molecule has 0 atom stereocenters. The van der Waals surface area contributed by atoms with Crippen LogP contribution >= 0.6 is 11.6 Å². The molecule has 0 amide bonds. The average molecular weight is 351 g/mol. The number of fused-ring (bicyclic) bond motifs is 2. The molecular formula is C20H15ClN2O2. The van der Waals surface area contributed by atoms with E-state index in [0.29, 0.717) is 24.1 Å². The first kappa shape index (κ1) is 15.7. The van der Waals surface area contributed by atoms with Crippen molar-refractivity contribution in [3.63, 3.8) is 0 Å². The van der Waals surface area contributed by atoms with Crippen molar-refractivity contribution < 1.29 is 9.47 Å². The molecule has 1 aromatic heterocycles. The molecular weight excluding hydrogens is 336 g/mol. The molecule has 4 aromatic rings. The van der Waals surface area contributed by atoms with Gasteiger partial charge in [0.15, 0.2) is 0 Å². The highest BCUT2D eigenvalue weighted by Gasteiger charge is 2.07. The Bertz CT molecular complexity index is 1030. The number of benzene rings is 3. The Labute approximate surface area is 150 Å². The molecule has 0 saturated heterocycles. The van der Waals surface area contributed by atoms with Crippen LogP contribution in [0.4, 0.5) is 0 Å². The summed E-state index contributed by atoms with van der Waals surface area (Å²) in [5, 5.41) is 3.57. The number of hydrogen-bond donors (Lipinski definition) is 0. The predicted molar refractivity (Wildman–Crippen MR) is 99.5 cm³/mol. The van der Waals surface area contributed by atoms with Gasteiger partial charge in [-0.3, -0.25) is 0 Å². The molecule has 4 rings (SSSR count). The summed E-state index contributed by atoms with van der Waals surface area (Å²) in [4.78, 5) is 8.43. The minimum Gasteiger partial charge on any atom is -0.489 e. The van der Waals surface area contributed by atoms with Gasteiger partial charge in [0.2, 0.25) is 5.88 Å². The van der Waals surface area contributed by atoms with E-state index in [1.807, 2.05) is 60.7 Å². The summed E-state index contributed by atoms with van der Waals surface area (Å²) in [6.07, 6.45) is 1.51. The molecule has 0 spiro atoms. The molecule has 124 valence electrons. The van der Waals surface area contributed by atoms with Gasteiger partial charge in [0.05, 0.1) is 10.9 Å². The van der Waals surface area contributed by atoms with Gasteiger partial charge in [-0.15, -0.1) is 0 Å². The standard InChI is InChI=1S/C20H15ClN2O2/c21-17-9-10-19(15-6-2-1-5-14(15)17)24-11-12-25-20-16-7-3-4-8-18(16)22-13-23-20/h1-10,13H,11-12H2. The molecule has 3 aromatic carbocycles. The van der Waals surface area contributed by atoms with E-state index in [1.165, 1.54) is 6.33 Å². The average Bonchev–Trinajstić information content (AvgIpc) is 2.67. The molecule has 0 bridgehead atoms. The van der Waals surface area contributed by atoms with Crippen molar-refractivity contribution in [3.8, 4) is 11.6 Å². The van der Waals surface area contributed by atoms with Crippen molar-refractivity contribution in [1.29, 1.82) is 0 Å². The minimum atomic E-state index is 0.387. The first-order chi connectivity index (χ1) is 12.3. The maximum Gasteiger partial charge on any atom is 0.224 e. The Morgan fingerprint density at radius 1 is 0.720 bits per heavy atom. The van der Waals surface area contributed by atoms with Crippen molar-refractivity contribution in [1.82, 2.24) is 9.97 Å². The zero-order valence-electron chi connectivity index (χ0n) is 13.4. The van der Waals surface area contributed by atoms with Gasteiger partial charge in [0.1, 0.15) is 25.3 Å². The van der Waals surface area contributed by atoms with E-state index in [-0.39, 0.29) is 0 Å². The molecule has 1 heterocycles. The van der Waals surface area contributed by atoms with E-state index >= 15 is 0 Å². The molecule has 4 nitrogen and oxygen atoms in total. The van der Waals surface area contributed by atoms with E-state index in [9.17, 15) is 0 Å². The Kier molecular flexibility index (Phi) is 4.36. The van der Waals surface area contributed by atoms with Crippen molar-refractivity contribution in [2.75, 3.05) is 13.2 Å². The number of halogens is 1. The van der Waals surface area contributed by atoms with Crippen LogP contribution < -0.4 is 9.47 Å². The molecule has 0 fully saturated rings.